The highest BCUT2D eigenvalue weighted by molar-refractivity contribution is 6.10. The largest absolute Gasteiger partial charge is 0.457 e. The quantitative estimate of drug-likeness (QED) is 0.174. The molecule has 0 unspecified atom stereocenters. The lowest BCUT2D eigenvalue weighted by Gasteiger charge is -2.39. The average molecular weight is 792 g/mol. The molecule has 0 radical (unpaired) electrons. The molecule has 0 saturated heterocycles. The molecular formula is C59H37NO2. The minimum Gasteiger partial charge on any atom is -0.457 e. The summed E-state index contributed by atoms with van der Waals surface area (Å²) in [5, 5.41) is 4.73. The van der Waals surface area contributed by atoms with Crippen LogP contribution in [0.25, 0.3) is 66.1 Å². The van der Waals surface area contributed by atoms with Gasteiger partial charge in [-0.1, -0.05) is 170 Å². The minimum absolute atomic E-state index is 0.617. The van der Waals surface area contributed by atoms with E-state index in [9.17, 15) is 0 Å². The third-order valence-electron chi connectivity index (χ3n) is 13.1. The van der Waals surface area contributed by atoms with Gasteiger partial charge in [0.25, 0.3) is 0 Å². The van der Waals surface area contributed by atoms with Gasteiger partial charge in [-0.15, -0.1) is 0 Å². The molecule has 1 aromatic heterocycles. The Balaban J connectivity index is 1.03. The van der Waals surface area contributed by atoms with Crippen LogP contribution in [0.2, 0.25) is 0 Å². The van der Waals surface area contributed by atoms with E-state index in [1.165, 1.54) is 44.2 Å². The molecule has 3 heteroatoms. The SMILES string of the molecule is c1ccc(-c2ccc(N(c3ccc(-c4cccc5c4oc4ccccc45)cc3)c3ccc4c(c3)C3(c5ccccc5Oc5ccccc53)c3ccc5ccccc5c3-4)cc2)cc1. The number of fused-ring (bicyclic) bond motifs is 14. The number of rotatable bonds is 5. The van der Waals surface area contributed by atoms with Crippen LogP contribution in [0.3, 0.4) is 0 Å². The summed E-state index contributed by atoms with van der Waals surface area (Å²) in [5.74, 6) is 1.76. The van der Waals surface area contributed by atoms with Gasteiger partial charge >= 0.3 is 0 Å². The summed E-state index contributed by atoms with van der Waals surface area (Å²) >= 11 is 0. The van der Waals surface area contributed by atoms with E-state index in [0.29, 0.717) is 0 Å². The summed E-state index contributed by atoms with van der Waals surface area (Å²) in [6, 6.07) is 80.9. The molecule has 0 amide bonds. The van der Waals surface area contributed by atoms with E-state index in [1.807, 2.05) is 12.1 Å². The van der Waals surface area contributed by atoms with Crippen molar-refractivity contribution in [3.05, 3.63) is 247 Å². The monoisotopic (exact) mass is 791 g/mol. The van der Waals surface area contributed by atoms with Crippen molar-refractivity contribution in [1.82, 2.24) is 0 Å². The first kappa shape index (κ1) is 34.7. The molecule has 11 aromatic rings. The van der Waals surface area contributed by atoms with Crippen molar-refractivity contribution in [2.24, 2.45) is 0 Å². The Morgan fingerprint density at radius 2 is 0.952 bits per heavy atom. The number of anilines is 3. The van der Waals surface area contributed by atoms with E-state index in [1.54, 1.807) is 0 Å². The number of benzene rings is 10. The highest BCUT2D eigenvalue weighted by Gasteiger charge is 2.51. The lowest BCUT2D eigenvalue weighted by molar-refractivity contribution is 0.436. The Hall–Kier alpha value is -8.14. The second-order valence-corrected chi connectivity index (χ2v) is 16.4. The zero-order chi connectivity index (χ0) is 40.8. The van der Waals surface area contributed by atoms with Gasteiger partial charge in [-0.25, -0.2) is 0 Å². The first-order chi connectivity index (χ1) is 30.7. The van der Waals surface area contributed by atoms with Crippen molar-refractivity contribution in [3.8, 4) is 44.9 Å². The molecular weight excluding hydrogens is 755 g/mol. The number of ether oxygens (including phenoxy) is 1. The maximum atomic E-state index is 6.72. The second-order valence-electron chi connectivity index (χ2n) is 16.4. The molecule has 0 saturated carbocycles. The fraction of sp³-hybridized carbons (Fsp3) is 0.0169. The third-order valence-corrected chi connectivity index (χ3v) is 13.1. The van der Waals surface area contributed by atoms with Crippen LogP contribution in [-0.2, 0) is 5.41 Å². The number of nitrogens with zero attached hydrogens (tertiary/aromatic N) is 1. The van der Waals surface area contributed by atoms with E-state index in [0.717, 1.165) is 72.8 Å². The van der Waals surface area contributed by atoms with Crippen LogP contribution >= 0.6 is 0 Å². The summed E-state index contributed by atoms with van der Waals surface area (Å²) in [6.45, 7) is 0. The zero-order valence-corrected chi connectivity index (χ0v) is 33.6. The van der Waals surface area contributed by atoms with Crippen molar-refractivity contribution < 1.29 is 9.15 Å². The van der Waals surface area contributed by atoms with Crippen LogP contribution in [0.5, 0.6) is 11.5 Å². The summed E-state index contributed by atoms with van der Waals surface area (Å²) < 4.78 is 13.2. The van der Waals surface area contributed by atoms with Crippen molar-refractivity contribution in [1.29, 1.82) is 0 Å². The van der Waals surface area contributed by atoms with Gasteiger partial charge in [-0.05, 0) is 104 Å². The Kier molecular flexibility index (Phi) is 7.52. The van der Waals surface area contributed by atoms with Gasteiger partial charge in [0, 0.05) is 44.5 Å². The van der Waals surface area contributed by atoms with Crippen LogP contribution in [-0.4, -0.2) is 0 Å². The maximum absolute atomic E-state index is 6.72. The lowest BCUT2D eigenvalue weighted by atomic mass is 9.66. The Bertz CT molecular complexity index is 3500. The molecule has 0 N–H and O–H groups in total. The standard InChI is InChI=1S/C59H37NO2/c1-2-13-38(14-3-1)39-25-30-42(31-26-39)60(43-32-27-41(28-33-43)46-18-12-19-48-47-17-6-9-22-54(47)62-58(46)48)44-34-35-49-53(37-44)59(52-36-29-40-15-4-5-16-45(40)57(49)52)50-20-7-10-23-55(50)61-56-24-11-8-21-51(56)59/h1-37H. The fourth-order valence-electron chi connectivity index (χ4n) is 10.4. The normalized spacial score (nSPS) is 13.1. The number of hydrogen-bond donors (Lipinski definition) is 0. The molecule has 2 aliphatic rings. The Morgan fingerprint density at radius 1 is 0.355 bits per heavy atom. The maximum Gasteiger partial charge on any atom is 0.143 e. The van der Waals surface area contributed by atoms with E-state index in [-0.39, 0.29) is 0 Å². The van der Waals surface area contributed by atoms with Gasteiger partial charge in [0.1, 0.15) is 22.7 Å². The van der Waals surface area contributed by atoms with E-state index in [4.69, 9.17) is 9.15 Å². The molecule has 10 aromatic carbocycles. The van der Waals surface area contributed by atoms with Crippen molar-refractivity contribution in [2.75, 3.05) is 4.90 Å². The second kappa shape index (κ2) is 13.4. The van der Waals surface area contributed by atoms with Gasteiger partial charge in [0.15, 0.2) is 0 Å². The molecule has 13 rings (SSSR count). The topological polar surface area (TPSA) is 25.6 Å². The predicted molar refractivity (Wildman–Crippen MR) is 254 cm³/mol. The van der Waals surface area contributed by atoms with Crippen molar-refractivity contribution >= 4 is 49.8 Å². The Morgan fingerprint density at radius 3 is 1.71 bits per heavy atom. The number of furan rings is 1. The molecule has 2 heterocycles. The van der Waals surface area contributed by atoms with Crippen molar-refractivity contribution in [2.45, 2.75) is 5.41 Å². The molecule has 290 valence electrons. The molecule has 0 bridgehead atoms. The average Bonchev–Trinajstić information content (AvgIpc) is 3.87. The molecule has 1 aliphatic carbocycles. The van der Waals surface area contributed by atoms with Crippen molar-refractivity contribution in [3.63, 3.8) is 0 Å². The fourth-order valence-corrected chi connectivity index (χ4v) is 10.4. The summed E-state index contributed by atoms with van der Waals surface area (Å²) in [4.78, 5) is 2.40. The summed E-state index contributed by atoms with van der Waals surface area (Å²) in [5.41, 5.74) is 16.2. The molecule has 62 heavy (non-hydrogen) atoms. The van der Waals surface area contributed by atoms with E-state index >= 15 is 0 Å². The minimum atomic E-state index is -0.617. The molecule has 1 aliphatic heterocycles. The first-order valence-electron chi connectivity index (χ1n) is 21.2. The van der Waals surface area contributed by atoms with Gasteiger partial charge in [0.2, 0.25) is 0 Å². The first-order valence-corrected chi connectivity index (χ1v) is 21.2. The predicted octanol–water partition coefficient (Wildman–Crippen LogP) is 16.0. The highest BCUT2D eigenvalue weighted by atomic mass is 16.5. The van der Waals surface area contributed by atoms with Gasteiger partial charge < -0.3 is 14.1 Å². The van der Waals surface area contributed by atoms with Crippen LogP contribution in [0, 0.1) is 0 Å². The van der Waals surface area contributed by atoms with Gasteiger partial charge in [0.05, 0.1) is 5.41 Å². The summed E-state index contributed by atoms with van der Waals surface area (Å²) in [7, 11) is 0. The zero-order valence-electron chi connectivity index (χ0n) is 33.6. The molecule has 0 fully saturated rings. The highest BCUT2D eigenvalue weighted by Crippen LogP contribution is 2.63. The molecule has 1 spiro atoms. The Labute approximate surface area is 359 Å². The molecule has 3 nitrogen and oxygen atoms in total. The van der Waals surface area contributed by atoms with Gasteiger partial charge in [-0.2, -0.15) is 0 Å². The number of para-hydroxylation sites is 4. The van der Waals surface area contributed by atoms with Crippen LogP contribution in [0.4, 0.5) is 17.1 Å². The van der Waals surface area contributed by atoms with Crippen LogP contribution in [0.1, 0.15) is 22.3 Å². The van der Waals surface area contributed by atoms with Gasteiger partial charge in [-0.3, -0.25) is 0 Å². The van der Waals surface area contributed by atoms with Crippen LogP contribution in [0.15, 0.2) is 229 Å². The smallest absolute Gasteiger partial charge is 0.143 e. The molecule has 0 atom stereocenters. The van der Waals surface area contributed by atoms with E-state index < -0.39 is 5.41 Å². The number of hydrogen-bond acceptors (Lipinski definition) is 3. The lowest BCUT2D eigenvalue weighted by Crippen LogP contribution is -2.32. The van der Waals surface area contributed by atoms with E-state index in [2.05, 4.69) is 217 Å². The summed E-state index contributed by atoms with van der Waals surface area (Å²) in [6.07, 6.45) is 0. The van der Waals surface area contributed by atoms with Crippen LogP contribution < -0.4 is 9.64 Å². The third kappa shape index (κ3) is 5.00.